The molecule has 2 aromatic rings. The molecule has 0 radical (unpaired) electrons. The van der Waals surface area contributed by atoms with Crippen LogP contribution in [0.15, 0.2) is 42.7 Å². The molecule has 0 saturated heterocycles. The van der Waals surface area contributed by atoms with Gasteiger partial charge in [0.25, 0.3) is 0 Å². The number of nitrogens with one attached hydrogen (secondary N) is 2. The molecule has 0 unspecified atom stereocenters. The maximum atomic E-state index is 3.38. The SMILES string of the molecule is CCc1ccc(NCc2cc[nH]c2)cc1. The lowest BCUT2D eigenvalue weighted by molar-refractivity contribution is 1.12. The van der Waals surface area contributed by atoms with Gasteiger partial charge in [0.15, 0.2) is 0 Å². The number of H-pyrrole nitrogens is 1. The Balaban J connectivity index is 1.93. The van der Waals surface area contributed by atoms with E-state index < -0.39 is 0 Å². The first-order valence-corrected chi connectivity index (χ1v) is 5.33. The van der Waals surface area contributed by atoms with Crippen molar-refractivity contribution in [1.29, 1.82) is 0 Å². The molecule has 0 bridgehead atoms. The smallest absolute Gasteiger partial charge is 0.0415 e. The van der Waals surface area contributed by atoms with Gasteiger partial charge in [0.05, 0.1) is 0 Å². The quantitative estimate of drug-likeness (QED) is 0.779. The van der Waals surface area contributed by atoms with Gasteiger partial charge < -0.3 is 10.3 Å². The fourth-order valence-corrected chi connectivity index (χ4v) is 1.53. The van der Waals surface area contributed by atoms with E-state index in [1.165, 1.54) is 16.8 Å². The maximum absolute atomic E-state index is 3.38. The summed E-state index contributed by atoms with van der Waals surface area (Å²) in [5.41, 5.74) is 3.82. The molecule has 0 atom stereocenters. The normalized spacial score (nSPS) is 10.2. The molecule has 0 fully saturated rings. The van der Waals surface area contributed by atoms with Gasteiger partial charge >= 0.3 is 0 Å². The van der Waals surface area contributed by atoms with Crippen LogP contribution < -0.4 is 5.32 Å². The third kappa shape index (κ3) is 2.62. The van der Waals surface area contributed by atoms with Crippen LogP contribution in [0.1, 0.15) is 18.1 Å². The van der Waals surface area contributed by atoms with Crippen molar-refractivity contribution in [3.63, 3.8) is 0 Å². The second-order valence-electron chi connectivity index (χ2n) is 3.62. The maximum Gasteiger partial charge on any atom is 0.0415 e. The van der Waals surface area contributed by atoms with Crippen LogP contribution in [-0.2, 0) is 13.0 Å². The van der Waals surface area contributed by atoms with Crippen molar-refractivity contribution in [3.05, 3.63) is 53.9 Å². The van der Waals surface area contributed by atoms with Gasteiger partial charge in [-0.15, -0.1) is 0 Å². The summed E-state index contributed by atoms with van der Waals surface area (Å²) in [6.45, 7) is 3.04. The van der Waals surface area contributed by atoms with E-state index in [0.717, 1.165) is 13.0 Å². The monoisotopic (exact) mass is 200 g/mol. The molecular formula is C13H16N2. The Kier molecular flexibility index (Phi) is 3.08. The highest BCUT2D eigenvalue weighted by Gasteiger charge is 1.94. The zero-order chi connectivity index (χ0) is 10.5. The number of rotatable bonds is 4. The summed E-state index contributed by atoms with van der Waals surface area (Å²) in [4.78, 5) is 3.04. The van der Waals surface area contributed by atoms with Crippen LogP contribution in [0.3, 0.4) is 0 Å². The number of aromatic nitrogens is 1. The van der Waals surface area contributed by atoms with Crippen LogP contribution >= 0.6 is 0 Å². The number of anilines is 1. The molecule has 0 amide bonds. The predicted octanol–water partition coefficient (Wildman–Crippen LogP) is 3.19. The minimum absolute atomic E-state index is 0.870. The molecule has 2 rings (SSSR count). The van der Waals surface area contributed by atoms with Crippen LogP contribution in [0.5, 0.6) is 0 Å². The van der Waals surface area contributed by atoms with Gasteiger partial charge in [-0.05, 0) is 35.7 Å². The van der Waals surface area contributed by atoms with Gasteiger partial charge in [0.2, 0.25) is 0 Å². The number of benzene rings is 1. The third-order valence-corrected chi connectivity index (χ3v) is 2.52. The van der Waals surface area contributed by atoms with Crippen molar-refractivity contribution >= 4 is 5.69 Å². The Morgan fingerprint density at radius 3 is 2.47 bits per heavy atom. The lowest BCUT2D eigenvalue weighted by Crippen LogP contribution is -1.97. The number of aryl methyl sites for hydroxylation is 1. The average molecular weight is 200 g/mol. The fourth-order valence-electron chi connectivity index (χ4n) is 1.53. The number of hydrogen-bond donors (Lipinski definition) is 2. The highest BCUT2D eigenvalue weighted by molar-refractivity contribution is 5.45. The zero-order valence-corrected chi connectivity index (χ0v) is 8.96. The highest BCUT2D eigenvalue weighted by Crippen LogP contribution is 2.11. The largest absolute Gasteiger partial charge is 0.381 e. The van der Waals surface area contributed by atoms with Gasteiger partial charge in [0.1, 0.15) is 0 Å². The summed E-state index contributed by atoms with van der Waals surface area (Å²) < 4.78 is 0. The molecule has 2 nitrogen and oxygen atoms in total. The van der Waals surface area contributed by atoms with Gasteiger partial charge in [-0.2, -0.15) is 0 Å². The van der Waals surface area contributed by atoms with Crippen LogP contribution in [0.4, 0.5) is 5.69 Å². The van der Waals surface area contributed by atoms with Crippen LogP contribution in [0.25, 0.3) is 0 Å². The molecule has 0 aliphatic carbocycles. The van der Waals surface area contributed by atoms with E-state index in [4.69, 9.17) is 0 Å². The lowest BCUT2D eigenvalue weighted by Gasteiger charge is -2.05. The van der Waals surface area contributed by atoms with Gasteiger partial charge in [0, 0.05) is 24.6 Å². The molecule has 78 valence electrons. The Morgan fingerprint density at radius 2 is 1.87 bits per heavy atom. The van der Waals surface area contributed by atoms with Gasteiger partial charge in [-0.1, -0.05) is 19.1 Å². The van der Waals surface area contributed by atoms with Crippen LogP contribution in [0.2, 0.25) is 0 Å². The topological polar surface area (TPSA) is 27.8 Å². The van der Waals surface area contributed by atoms with Crippen LogP contribution in [0, 0.1) is 0 Å². The van der Waals surface area contributed by atoms with E-state index in [9.17, 15) is 0 Å². The molecule has 2 heteroatoms. The molecule has 1 heterocycles. The Bertz CT molecular complexity index is 387. The van der Waals surface area contributed by atoms with Crippen molar-refractivity contribution < 1.29 is 0 Å². The third-order valence-electron chi connectivity index (χ3n) is 2.52. The Labute approximate surface area is 90.3 Å². The molecule has 1 aromatic heterocycles. The van der Waals surface area contributed by atoms with Crippen molar-refractivity contribution in [2.45, 2.75) is 19.9 Å². The molecule has 1 aromatic carbocycles. The van der Waals surface area contributed by atoms with E-state index >= 15 is 0 Å². The Morgan fingerprint density at radius 1 is 1.07 bits per heavy atom. The van der Waals surface area contributed by atoms with E-state index in [2.05, 4.69) is 47.6 Å². The highest BCUT2D eigenvalue weighted by atomic mass is 14.9. The molecule has 0 aliphatic heterocycles. The summed E-state index contributed by atoms with van der Waals surface area (Å²) in [5, 5.41) is 3.38. The summed E-state index contributed by atoms with van der Waals surface area (Å²) in [6, 6.07) is 10.7. The summed E-state index contributed by atoms with van der Waals surface area (Å²) in [7, 11) is 0. The van der Waals surface area contributed by atoms with E-state index in [-0.39, 0.29) is 0 Å². The van der Waals surface area contributed by atoms with E-state index in [1.807, 2.05) is 12.4 Å². The molecule has 0 saturated carbocycles. The summed E-state index contributed by atoms with van der Waals surface area (Å²) in [6.07, 6.45) is 5.04. The summed E-state index contributed by atoms with van der Waals surface area (Å²) >= 11 is 0. The average Bonchev–Trinajstić information content (AvgIpc) is 2.80. The van der Waals surface area contributed by atoms with Crippen molar-refractivity contribution in [2.24, 2.45) is 0 Å². The minimum atomic E-state index is 0.870. The minimum Gasteiger partial charge on any atom is -0.381 e. The van der Waals surface area contributed by atoms with Gasteiger partial charge in [-0.25, -0.2) is 0 Å². The lowest BCUT2D eigenvalue weighted by atomic mass is 10.1. The van der Waals surface area contributed by atoms with E-state index in [1.54, 1.807) is 0 Å². The van der Waals surface area contributed by atoms with Gasteiger partial charge in [-0.3, -0.25) is 0 Å². The first-order valence-electron chi connectivity index (χ1n) is 5.33. The predicted molar refractivity (Wildman–Crippen MR) is 63.9 cm³/mol. The molecule has 2 N–H and O–H groups in total. The fraction of sp³-hybridized carbons (Fsp3) is 0.231. The molecule has 0 aliphatic rings. The van der Waals surface area contributed by atoms with Crippen LogP contribution in [-0.4, -0.2) is 4.98 Å². The van der Waals surface area contributed by atoms with E-state index in [0.29, 0.717) is 0 Å². The van der Waals surface area contributed by atoms with Crippen molar-refractivity contribution in [2.75, 3.05) is 5.32 Å². The van der Waals surface area contributed by atoms with Crippen molar-refractivity contribution in [1.82, 2.24) is 4.98 Å². The first kappa shape index (κ1) is 9.84. The summed E-state index contributed by atoms with van der Waals surface area (Å²) in [5.74, 6) is 0. The Hall–Kier alpha value is -1.70. The van der Waals surface area contributed by atoms with Crippen molar-refractivity contribution in [3.8, 4) is 0 Å². The first-order chi connectivity index (χ1) is 7.38. The standard InChI is InChI=1S/C13H16N2/c1-2-11-3-5-13(6-4-11)15-10-12-7-8-14-9-12/h3-9,14-15H,2,10H2,1H3. The second-order valence-corrected chi connectivity index (χ2v) is 3.62. The second kappa shape index (κ2) is 4.69. The molecule has 15 heavy (non-hydrogen) atoms. The molecule has 0 spiro atoms. The number of aromatic amines is 1. The zero-order valence-electron chi connectivity index (χ0n) is 8.96. The number of hydrogen-bond acceptors (Lipinski definition) is 1. The molecular weight excluding hydrogens is 184 g/mol.